The molecule has 0 N–H and O–H groups in total. The van der Waals surface area contributed by atoms with Crippen LogP contribution in [0.25, 0.3) is 0 Å². The third-order valence-electron chi connectivity index (χ3n) is 5.91. The number of hydrogen-bond donors (Lipinski definition) is 0. The Hall–Kier alpha value is -2.69. The van der Waals surface area contributed by atoms with Gasteiger partial charge in [-0.15, -0.1) is 0 Å². The van der Waals surface area contributed by atoms with E-state index in [2.05, 4.69) is 17.1 Å². The first-order chi connectivity index (χ1) is 13.2. The molecule has 2 aliphatic heterocycles. The maximum Gasteiger partial charge on any atom is 0.255 e. The van der Waals surface area contributed by atoms with E-state index < -0.39 is 0 Å². The molecule has 27 heavy (non-hydrogen) atoms. The zero-order valence-corrected chi connectivity index (χ0v) is 15.6. The van der Waals surface area contributed by atoms with Gasteiger partial charge in [0, 0.05) is 38.3 Å². The number of hydrogen-bond acceptors (Lipinski definition) is 3. The molecule has 0 saturated carbocycles. The summed E-state index contributed by atoms with van der Waals surface area (Å²) in [6.45, 7) is 3.06. The quantitative estimate of drug-likeness (QED) is 0.824. The van der Waals surface area contributed by atoms with Crippen molar-refractivity contribution in [1.29, 1.82) is 0 Å². The molecule has 2 amide bonds. The number of aromatic nitrogens is 1. The number of nitrogens with zero attached hydrogens (tertiary/aromatic N) is 3. The van der Waals surface area contributed by atoms with Gasteiger partial charge in [0.1, 0.15) is 0 Å². The van der Waals surface area contributed by atoms with Gasteiger partial charge in [-0.25, -0.2) is 0 Å². The summed E-state index contributed by atoms with van der Waals surface area (Å²) in [5, 5.41) is 0. The van der Waals surface area contributed by atoms with Crippen LogP contribution < -0.4 is 0 Å². The van der Waals surface area contributed by atoms with E-state index in [-0.39, 0.29) is 29.8 Å². The van der Waals surface area contributed by atoms with Crippen LogP contribution in [0, 0.1) is 0 Å². The third kappa shape index (κ3) is 3.34. The number of likely N-dealkylation sites (tertiary alicyclic amines) is 2. The third-order valence-corrected chi connectivity index (χ3v) is 5.91. The van der Waals surface area contributed by atoms with Gasteiger partial charge in [0.25, 0.3) is 5.91 Å². The first kappa shape index (κ1) is 17.7. The van der Waals surface area contributed by atoms with Crippen molar-refractivity contribution in [2.75, 3.05) is 13.1 Å². The number of rotatable bonds is 2. The van der Waals surface area contributed by atoms with Crippen LogP contribution in [0.4, 0.5) is 0 Å². The van der Waals surface area contributed by atoms with Crippen molar-refractivity contribution in [3.63, 3.8) is 0 Å². The van der Waals surface area contributed by atoms with Gasteiger partial charge in [-0.2, -0.15) is 0 Å². The molecule has 0 bridgehead atoms. The number of amides is 2. The van der Waals surface area contributed by atoms with Gasteiger partial charge >= 0.3 is 0 Å². The van der Waals surface area contributed by atoms with Crippen LogP contribution in [-0.4, -0.2) is 51.8 Å². The van der Waals surface area contributed by atoms with E-state index in [0.29, 0.717) is 12.1 Å². The van der Waals surface area contributed by atoms with Crippen LogP contribution >= 0.6 is 0 Å². The van der Waals surface area contributed by atoms with Crippen LogP contribution in [0.2, 0.25) is 0 Å². The number of fused-ring (bicyclic) bond motifs is 1. The molecule has 2 aromatic rings. The van der Waals surface area contributed by atoms with E-state index in [9.17, 15) is 9.59 Å². The summed E-state index contributed by atoms with van der Waals surface area (Å²) in [4.78, 5) is 33.8. The van der Waals surface area contributed by atoms with Gasteiger partial charge in [-0.05, 0) is 37.0 Å². The molecule has 0 aliphatic carbocycles. The zero-order valence-electron chi connectivity index (χ0n) is 15.6. The van der Waals surface area contributed by atoms with E-state index in [0.717, 1.165) is 25.8 Å². The average molecular weight is 363 g/mol. The van der Waals surface area contributed by atoms with Gasteiger partial charge in [0.15, 0.2) is 0 Å². The molecular weight excluding hydrogens is 338 g/mol. The minimum atomic E-state index is 0.0157. The van der Waals surface area contributed by atoms with Gasteiger partial charge < -0.3 is 9.80 Å². The fourth-order valence-corrected chi connectivity index (χ4v) is 4.70. The van der Waals surface area contributed by atoms with Crippen molar-refractivity contribution in [2.24, 2.45) is 0 Å². The maximum atomic E-state index is 13.2. The molecule has 5 heteroatoms. The Kier molecular flexibility index (Phi) is 4.92. The highest BCUT2D eigenvalue weighted by Crippen LogP contribution is 2.40. The molecule has 0 spiro atoms. The first-order valence-electron chi connectivity index (χ1n) is 9.70. The Morgan fingerprint density at radius 1 is 1.04 bits per heavy atom. The van der Waals surface area contributed by atoms with Crippen LogP contribution in [0.3, 0.4) is 0 Å². The zero-order chi connectivity index (χ0) is 18.8. The van der Waals surface area contributed by atoms with Gasteiger partial charge in [-0.1, -0.05) is 30.3 Å². The summed E-state index contributed by atoms with van der Waals surface area (Å²) in [7, 11) is 0. The fourth-order valence-electron chi connectivity index (χ4n) is 4.70. The molecule has 0 unspecified atom stereocenters. The smallest absolute Gasteiger partial charge is 0.255 e. The van der Waals surface area contributed by atoms with E-state index in [4.69, 9.17) is 0 Å². The summed E-state index contributed by atoms with van der Waals surface area (Å²) in [6.07, 6.45) is 6.27. The molecule has 0 radical (unpaired) electrons. The average Bonchev–Trinajstić information content (AvgIpc) is 2.93. The molecule has 140 valence electrons. The van der Waals surface area contributed by atoms with Crippen LogP contribution in [0.15, 0.2) is 54.9 Å². The summed E-state index contributed by atoms with van der Waals surface area (Å²) in [5.41, 5.74) is 1.81. The maximum absolute atomic E-state index is 13.2. The molecule has 2 fully saturated rings. The minimum Gasteiger partial charge on any atom is -0.337 e. The van der Waals surface area contributed by atoms with Crippen molar-refractivity contribution < 1.29 is 9.59 Å². The van der Waals surface area contributed by atoms with Crippen molar-refractivity contribution in [1.82, 2.24) is 14.8 Å². The molecule has 4 rings (SSSR count). The number of carbonyl (C=O) groups excluding carboxylic acids is 2. The molecule has 5 nitrogen and oxygen atoms in total. The Morgan fingerprint density at radius 2 is 1.85 bits per heavy atom. The van der Waals surface area contributed by atoms with Crippen molar-refractivity contribution in [3.8, 4) is 0 Å². The lowest BCUT2D eigenvalue weighted by Crippen LogP contribution is -2.48. The summed E-state index contributed by atoms with van der Waals surface area (Å²) in [5.74, 6) is 0.254. The summed E-state index contributed by atoms with van der Waals surface area (Å²) >= 11 is 0. The monoisotopic (exact) mass is 363 g/mol. The molecule has 3 atom stereocenters. The van der Waals surface area contributed by atoms with Crippen molar-refractivity contribution in [3.05, 3.63) is 66.0 Å². The fraction of sp³-hybridized carbons (Fsp3) is 0.409. The second-order valence-corrected chi connectivity index (χ2v) is 7.48. The van der Waals surface area contributed by atoms with Gasteiger partial charge in [0.05, 0.1) is 17.6 Å². The molecule has 1 aromatic heterocycles. The predicted octanol–water partition coefficient (Wildman–Crippen LogP) is 3.09. The van der Waals surface area contributed by atoms with Crippen molar-refractivity contribution in [2.45, 2.75) is 44.2 Å². The van der Waals surface area contributed by atoms with E-state index >= 15 is 0 Å². The normalized spacial score (nSPS) is 25.0. The van der Waals surface area contributed by atoms with Gasteiger partial charge in [-0.3, -0.25) is 14.6 Å². The van der Waals surface area contributed by atoms with Crippen LogP contribution in [0.1, 0.15) is 48.0 Å². The molecule has 2 saturated heterocycles. The lowest BCUT2D eigenvalue weighted by Gasteiger charge is -2.34. The Bertz CT molecular complexity index is 809. The second-order valence-electron chi connectivity index (χ2n) is 7.48. The largest absolute Gasteiger partial charge is 0.337 e. The number of pyridine rings is 1. The molecule has 3 heterocycles. The Labute approximate surface area is 160 Å². The summed E-state index contributed by atoms with van der Waals surface area (Å²) in [6, 6.07) is 14.0. The predicted molar refractivity (Wildman–Crippen MR) is 103 cm³/mol. The van der Waals surface area contributed by atoms with Crippen LogP contribution in [-0.2, 0) is 4.79 Å². The highest BCUT2D eigenvalue weighted by atomic mass is 16.2. The lowest BCUT2D eigenvalue weighted by atomic mass is 9.89. The second kappa shape index (κ2) is 7.51. The number of benzene rings is 1. The van der Waals surface area contributed by atoms with E-state index in [1.807, 2.05) is 34.1 Å². The van der Waals surface area contributed by atoms with Crippen molar-refractivity contribution >= 4 is 11.8 Å². The summed E-state index contributed by atoms with van der Waals surface area (Å²) < 4.78 is 0. The van der Waals surface area contributed by atoms with E-state index in [1.54, 1.807) is 25.4 Å². The van der Waals surface area contributed by atoms with E-state index in [1.165, 1.54) is 5.56 Å². The SMILES string of the molecule is CC(=O)N1CCCC[C@H]2[C@@H]1[C@H](c1ccccc1)CN2C(=O)c1cccnc1. The minimum absolute atomic E-state index is 0.0157. The topological polar surface area (TPSA) is 53.5 Å². The standard InChI is InChI=1S/C22H25N3O2/c1-16(26)24-13-6-5-11-20-21(24)19(17-8-3-2-4-9-17)15-25(20)22(27)18-10-7-12-23-14-18/h2-4,7-10,12,14,19-21H,5-6,11,13,15H2,1H3/t19-,20-,21-/m0/s1. The highest BCUT2D eigenvalue weighted by molar-refractivity contribution is 5.94. The Morgan fingerprint density at radius 3 is 2.56 bits per heavy atom. The van der Waals surface area contributed by atoms with Crippen LogP contribution in [0.5, 0.6) is 0 Å². The number of carbonyl (C=O) groups is 2. The molecule has 1 aromatic carbocycles. The first-order valence-corrected chi connectivity index (χ1v) is 9.70. The molecule has 2 aliphatic rings. The lowest BCUT2D eigenvalue weighted by molar-refractivity contribution is -0.131. The molecular formula is C22H25N3O2. The Balaban J connectivity index is 1.74. The van der Waals surface area contributed by atoms with Gasteiger partial charge in [0.2, 0.25) is 5.91 Å². The highest BCUT2D eigenvalue weighted by Gasteiger charge is 2.48.